The van der Waals surface area contributed by atoms with Gasteiger partial charge in [0.2, 0.25) is 0 Å². The van der Waals surface area contributed by atoms with Crippen LogP contribution in [-0.2, 0) is 28.6 Å². The molecule has 1 atom stereocenters. The third kappa shape index (κ3) is 62.0. The van der Waals surface area contributed by atoms with Gasteiger partial charge in [-0.15, -0.1) is 0 Å². The Hall–Kier alpha value is -2.89. The lowest BCUT2D eigenvalue weighted by atomic mass is 10.0. The fraction of sp³-hybridized carbons (Fsp3) is 0.814. The lowest BCUT2D eigenvalue weighted by molar-refractivity contribution is -0.166. The Bertz CT molecular complexity index is 1360. The number of rotatable bonds is 61. The molecule has 0 fully saturated rings. The molecule has 0 spiro atoms. The molecule has 0 aliphatic rings. The predicted molar refractivity (Wildman–Crippen MR) is 330 cm³/mol. The highest BCUT2D eigenvalue weighted by atomic mass is 16.6. The summed E-state index contributed by atoms with van der Waals surface area (Å²) in [6.07, 6.45) is 82.6. The van der Waals surface area contributed by atoms with E-state index in [1.807, 2.05) is 6.08 Å². The first-order valence-corrected chi connectivity index (χ1v) is 33.3. The fourth-order valence-corrected chi connectivity index (χ4v) is 9.81. The Morgan fingerprint density at radius 2 is 0.539 bits per heavy atom. The summed E-state index contributed by atoms with van der Waals surface area (Å²) in [7, 11) is 0. The van der Waals surface area contributed by atoms with Crippen LogP contribution in [0.15, 0.2) is 60.8 Å². The number of ether oxygens (including phenoxy) is 3. The molecule has 0 saturated heterocycles. The number of allylic oxidation sites excluding steroid dienone is 10. The molecular formula is C70H126O6. The van der Waals surface area contributed by atoms with Crippen molar-refractivity contribution in [1.82, 2.24) is 0 Å². The van der Waals surface area contributed by atoms with Crippen molar-refractivity contribution >= 4 is 17.9 Å². The van der Waals surface area contributed by atoms with Gasteiger partial charge in [0.15, 0.2) is 6.10 Å². The van der Waals surface area contributed by atoms with E-state index in [9.17, 15) is 14.4 Å². The first-order chi connectivity index (χ1) is 37.5. The molecular weight excluding hydrogens is 937 g/mol. The standard InChI is InChI=1S/C70H126O6/c1-4-7-10-13-16-19-22-25-27-29-31-33-34-35-37-38-40-42-45-48-51-54-57-60-63-69(72)75-66-67(65-74-68(71)62-59-56-53-50-47-44-24-21-18-15-12-9-6-3)76-70(73)64-61-58-55-52-49-46-43-41-39-36-32-30-28-26-23-20-17-14-11-8-5-2/h9,12,18,21,30,32,44,47,53,56,67H,4-8,10-11,13-17,19-20,22-29,31,33-43,45-46,48-52,54-55,57-66H2,1-3H3/b12-9-,21-18-,32-30-,47-44-,56-53-. The monoisotopic (exact) mass is 1060 g/mol. The van der Waals surface area contributed by atoms with Gasteiger partial charge in [0, 0.05) is 19.3 Å². The first kappa shape index (κ1) is 73.1. The average Bonchev–Trinajstić information content (AvgIpc) is 3.42. The molecule has 442 valence electrons. The van der Waals surface area contributed by atoms with Crippen molar-refractivity contribution < 1.29 is 28.6 Å². The van der Waals surface area contributed by atoms with Gasteiger partial charge in [-0.25, -0.2) is 0 Å². The molecule has 1 unspecified atom stereocenters. The van der Waals surface area contributed by atoms with Gasteiger partial charge in [-0.3, -0.25) is 14.4 Å². The third-order valence-corrected chi connectivity index (χ3v) is 14.8. The molecule has 0 amide bonds. The molecule has 0 aliphatic heterocycles. The summed E-state index contributed by atoms with van der Waals surface area (Å²) in [6.45, 7) is 6.51. The van der Waals surface area contributed by atoms with Crippen LogP contribution in [0, 0.1) is 0 Å². The molecule has 0 aromatic carbocycles. The summed E-state index contributed by atoms with van der Waals surface area (Å²) in [5.41, 5.74) is 0. The molecule has 0 saturated carbocycles. The van der Waals surface area contributed by atoms with Gasteiger partial charge in [-0.1, -0.05) is 319 Å². The molecule has 0 aromatic rings. The summed E-state index contributed by atoms with van der Waals surface area (Å²) in [6, 6.07) is 0. The zero-order chi connectivity index (χ0) is 55.0. The number of hydrogen-bond donors (Lipinski definition) is 0. The number of esters is 3. The van der Waals surface area contributed by atoms with Crippen LogP contribution < -0.4 is 0 Å². The molecule has 6 heteroatoms. The second kappa shape index (κ2) is 64.6. The summed E-state index contributed by atoms with van der Waals surface area (Å²) in [5.74, 6) is -0.961. The Kier molecular flexibility index (Phi) is 62.2. The average molecular weight is 1060 g/mol. The highest BCUT2D eigenvalue weighted by molar-refractivity contribution is 5.71. The van der Waals surface area contributed by atoms with E-state index in [0.717, 1.165) is 64.2 Å². The van der Waals surface area contributed by atoms with E-state index >= 15 is 0 Å². The van der Waals surface area contributed by atoms with Crippen LogP contribution in [0.2, 0.25) is 0 Å². The van der Waals surface area contributed by atoms with Crippen molar-refractivity contribution in [1.29, 1.82) is 0 Å². The van der Waals surface area contributed by atoms with Crippen LogP contribution in [0.5, 0.6) is 0 Å². The molecule has 0 aliphatic carbocycles. The van der Waals surface area contributed by atoms with E-state index in [1.54, 1.807) is 0 Å². The Labute approximate surface area is 472 Å². The van der Waals surface area contributed by atoms with E-state index in [4.69, 9.17) is 14.2 Å². The molecule has 0 aromatic heterocycles. The van der Waals surface area contributed by atoms with Crippen molar-refractivity contribution in [2.45, 2.75) is 354 Å². The highest BCUT2D eigenvalue weighted by Gasteiger charge is 2.19. The minimum Gasteiger partial charge on any atom is -0.462 e. The minimum atomic E-state index is -0.803. The van der Waals surface area contributed by atoms with Crippen molar-refractivity contribution in [3.05, 3.63) is 60.8 Å². The summed E-state index contributed by atoms with van der Waals surface area (Å²) >= 11 is 0. The summed E-state index contributed by atoms with van der Waals surface area (Å²) in [4.78, 5) is 38.3. The van der Waals surface area contributed by atoms with Crippen LogP contribution in [0.4, 0.5) is 0 Å². The van der Waals surface area contributed by atoms with Crippen LogP contribution in [-0.4, -0.2) is 37.2 Å². The second-order valence-corrected chi connectivity index (χ2v) is 22.4. The van der Waals surface area contributed by atoms with E-state index in [1.165, 1.54) is 238 Å². The highest BCUT2D eigenvalue weighted by Crippen LogP contribution is 2.18. The number of carbonyl (C=O) groups excluding carboxylic acids is 3. The maximum atomic E-state index is 12.9. The van der Waals surface area contributed by atoms with Crippen molar-refractivity contribution in [2.24, 2.45) is 0 Å². The Balaban J connectivity index is 4.29. The molecule has 0 rings (SSSR count). The smallest absolute Gasteiger partial charge is 0.306 e. The normalized spacial score (nSPS) is 12.4. The Morgan fingerprint density at radius 1 is 0.276 bits per heavy atom. The zero-order valence-corrected chi connectivity index (χ0v) is 50.8. The molecule has 0 bridgehead atoms. The molecule has 76 heavy (non-hydrogen) atoms. The molecule has 6 nitrogen and oxygen atoms in total. The van der Waals surface area contributed by atoms with E-state index in [2.05, 4.69) is 75.5 Å². The lowest BCUT2D eigenvalue weighted by Crippen LogP contribution is -2.30. The van der Waals surface area contributed by atoms with Crippen LogP contribution in [0.25, 0.3) is 0 Å². The fourth-order valence-electron chi connectivity index (χ4n) is 9.81. The quantitative estimate of drug-likeness (QED) is 0.0261. The summed E-state index contributed by atoms with van der Waals surface area (Å²) < 4.78 is 16.9. The van der Waals surface area contributed by atoms with Gasteiger partial charge in [0.05, 0.1) is 0 Å². The van der Waals surface area contributed by atoms with E-state index < -0.39 is 6.10 Å². The van der Waals surface area contributed by atoms with Crippen molar-refractivity contribution in [2.75, 3.05) is 13.2 Å². The predicted octanol–water partition coefficient (Wildman–Crippen LogP) is 22.7. The number of carbonyl (C=O) groups is 3. The maximum absolute atomic E-state index is 12.9. The van der Waals surface area contributed by atoms with Crippen LogP contribution in [0.3, 0.4) is 0 Å². The van der Waals surface area contributed by atoms with Crippen molar-refractivity contribution in [3.8, 4) is 0 Å². The zero-order valence-electron chi connectivity index (χ0n) is 50.8. The number of unbranched alkanes of at least 4 members (excludes halogenated alkanes) is 40. The van der Waals surface area contributed by atoms with Gasteiger partial charge in [0.1, 0.15) is 13.2 Å². The van der Waals surface area contributed by atoms with Gasteiger partial charge in [-0.05, 0) is 70.6 Å². The maximum Gasteiger partial charge on any atom is 0.306 e. The van der Waals surface area contributed by atoms with E-state index in [-0.39, 0.29) is 37.5 Å². The largest absolute Gasteiger partial charge is 0.462 e. The van der Waals surface area contributed by atoms with Crippen LogP contribution in [0.1, 0.15) is 348 Å². The second-order valence-electron chi connectivity index (χ2n) is 22.4. The molecule has 0 N–H and O–H groups in total. The topological polar surface area (TPSA) is 78.9 Å². The Morgan fingerprint density at radius 3 is 0.882 bits per heavy atom. The van der Waals surface area contributed by atoms with Crippen molar-refractivity contribution in [3.63, 3.8) is 0 Å². The van der Waals surface area contributed by atoms with Crippen LogP contribution >= 0.6 is 0 Å². The van der Waals surface area contributed by atoms with Gasteiger partial charge in [-0.2, -0.15) is 0 Å². The summed E-state index contributed by atoms with van der Waals surface area (Å²) in [5, 5.41) is 0. The SMILES string of the molecule is CC/C=C\C/C=C\C/C=C\C/C=C\CCC(=O)OCC(COC(=O)CCCCCCCCCCCCCCCCCCCCCCCCCC)OC(=O)CCCCCCCCCCC/C=C\CCCCCCCCCC. The first-order valence-electron chi connectivity index (χ1n) is 33.3. The van der Waals surface area contributed by atoms with Gasteiger partial charge < -0.3 is 14.2 Å². The molecule has 0 heterocycles. The van der Waals surface area contributed by atoms with Gasteiger partial charge >= 0.3 is 17.9 Å². The number of hydrogen-bond acceptors (Lipinski definition) is 6. The van der Waals surface area contributed by atoms with E-state index in [0.29, 0.717) is 19.3 Å². The minimum absolute atomic E-state index is 0.0935. The lowest BCUT2D eigenvalue weighted by Gasteiger charge is -2.18. The molecule has 0 radical (unpaired) electrons. The van der Waals surface area contributed by atoms with Gasteiger partial charge in [0.25, 0.3) is 0 Å². The third-order valence-electron chi connectivity index (χ3n) is 14.8.